The van der Waals surface area contributed by atoms with Crippen molar-refractivity contribution in [3.05, 3.63) is 35.9 Å². The summed E-state index contributed by atoms with van der Waals surface area (Å²) in [4.78, 5) is 8.28. The van der Waals surface area contributed by atoms with Crippen LogP contribution in [0.1, 0.15) is 84.1 Å². The number of fused-ring (bicyclic) bond motifs is 5. The van der Waals surface area contributed by atoms with Gasteiger partial charge >= 0.3 is 0 Å². The molecule has 1 aromatic rings. The first-order valence-electron chi connectivity index (χ1n) is 12.6. The third kappa shape index (κ3) is 3.49. The molecule has 1 aromatic heterocycles. The summed E-state index contributed by atoms with van der Waals surface area (Å²) in [6.07, 6.45) is 18.4. The lowest BCUT2D eigenvalue weighted by Crippen LogP contribution is -2.53. The summed E-state index contributed by atoms with van der Waals surface area (Å²) in [6.45, 7) is 7.08. The summed E-state index contributed by atoms with van der Waals surface area (Å²) >= 11 is 0. The number of rotatable bonds is 4. The molecule has 0 radical (unpaired) electrons. The quantitative estimate of drug-likeness (QED) is 0.660. The maximum Gasteiger partial charge on any atom is 0.115 e. The van der Waals surface area contributed by atoms with Crippen LogP contribution in [0.25, 0.3) is 0 Å². The van der Waals surface area contributed by atoms with E-state index in [1.165, 1.54) is 25.7 Å². The van der Waals surface area contributed by atoms with Gasteiger partial charge in [-0.05, 0) is 111 Å². The summed E-state index contributed by atoms with van der Waals surface area (Å²) in [7, 11) is 0. The number of aliphatic hydroxyl groups is 2. The minimum absolute atomic E-state index is 0.134. The van der Waals surface area contributed by atoms with Crippen molar-refractivity contribution in [1.29, 1.82) is 0 Å². The molecule has 0 amide bonds. The summed E-state index contributed by atoms with van der Waals surface area (Å²) < 4.78 is 0. The van der Waals surface area contributed by atoms with Crippen LogP contribution in [0.5, 0.6) is 0 Å². The lowest BCUT2D eigenvalue weighted by atomic mass is 9.46. The molecule has 0 aliphatic heterocycles. The molecular formula is C27H40N2O2. The van der Waals surface area contributed by atoms with Crippen molar-refractivity contribution in [2.45, 2.75) is 96.7 Å². The molecule has 31 heavy (non-hydrogen) atoms. The van der Waals surface area contributed by atoms with Crippen molar-refractivity contribution in [1.82, 2.24) is 9.97 Å². The van der Waals surface area contributed by atoms with E-state index in [0.717, 1.165) is 55.9 Å². The van der Waals surface area contributed by atoms with Crippen LogP contribution >= 0.6 is 0 Å². The molecule has 4 aliphatic rings. The second-order valence-electron chi connectivity index (χ2n) is 11.9. The average molecular weight is 425 g/mol. The van der Waals surface area contributed by atoms with Crippen molar-refractivity contribution in [2.75, 3.05) is 0 Å². The van der Waals surface area contributed by atoms with Crippen LogP contribution < -0.4 is 0 Å². The Morgan fingerprint density at radius 3 is 2.61 bits per heavy atom. The van der Waals surface area contributed by atoms with E-state index in [1.54, 1.807) is 11.9 Å². The van der Waals surface area contributed by atoms with E-state index in [4.69, 9.17) is 0 Å². The molecule has 3 fully saturated rings. The number of aryl methyl sites for hydroxylation is 1. The Bertz CT molecular complexity index is 837. The SMILES string of the molecule is CC(O)(CCc1cncnc1)[C@H]1CC[C@H]2[C@@H]3CC=C4C[C@@H](O)CC[C@]4(C)[C@H]3CC[C@]12C. The van der Waals surface area contributed by atoms with Gasteiger partial charge in [-0.1, -0.05) is 25.5 Å². The lowest BCUT2D eigenvalue weighted by molar-refractivity contribution is -0.104. The maximum absolute atomic E-state index is 11.7. The van der Waals surface area contributed by atoms with Crippen molar-refractivity contribution in [3.8, 4) is 0 Å². The number of nitrogens with zero attached hydrogens (tertiary/aromatic N) is 2. The fourth-order valence-electron chi connectivity index (χ4n) is 8.69. The molecular weight excluding hydrogens is 384 g/mol. The summed E-state index contributed by atoms with van der Waals surface area (Å²) in [6, 6.07) is 0. The van der Waals surface area contributed by atoms with Gasteiger partial charge in [0.25, 0.3) is 0 Å². The maximum atomic E-state index is 11.7. The highest BCUT2D eigenvalue weighted by Gasteiger charge is 2.61. The predicted octanol–water partition coefficient (Wildman–Crippen LogP) is 5.10. The fourth-order valence-corrected chi connectivity index (χ4v) is 8.69. The van der Waals surface area contributed by atoms with Gasteiger partial charge in [0.05, 0.1) is 11.7 Å². The Morgan fingerprint density at radius 2 is 1.84 bits per heavy atom. The van der Waals surface area contributed by atoms with Crippen molar-refractivity contribution < 1.29 is 10.2 Å². The van der Waals surface area contributed by atoms with E-state index in [1.807, 2.05) is 12.4 Å². The normalized spacial score (nSPS) is 43.9. The zero-order valence-corrected chi connectivity index (χ0v) is 19.6. The standard InChI is InChI=1S/C27H40N2O2/c1-25-11-9-20(30)14-19(25)4-5-21-22-6-7-24(26(22,2)12-10-23(21)25)27(3,31)13-8-18-15-28-17-29-16-18/h4,15-17,20-24,30-31H,5-14H2,1-3H3/t20-,21-,22-,23-,24-,25-,26-,27?/m0/s1. The first kappa shape index (κ1) is 21.6. The highest BCUT2D eigenvalue weighted by molar-refractivity contribution is 5.25. The number of aromatic nitrogens is 2. The second kappa shape index (κ2) is 7.66. The Hall–Kier alpha value is -1.26. The van der Waals surface area contributed by atoms with Gasteiger partial charge < -0.3 is 10.2 Å². The minimum Gasteiger partial charge on any atom is -0.393 e. The Kier molecular flexibility index (Phi) is 5.33. The van der Waals surface area contributed by atoms with Crippen LogP contribution in [0, 0.1) is 34.5 Å². The fraction of sp³-hybridized carbons (Fsp3) is 0.778. The lowest BCUT2D eigenvalue weighted by Gasteiger charge is -2.59. The van der Waals surface area contributed by atoms with Gasteiger partial charge in [-0.2, -0.15) is 0 Å². The molecule has 5 rings (SSSR count). The third-order valence-electron chi connectivity index (χ3n) is 10.4. The molecule has 0 bridgehead atoms. The molecule has 1 unspecified atom stereocenters. The molecule has 170 valence electrons. The Labute approximate surface area is 187 Å². The third-order valence-corrected chi connectivity index (χ3v) is 10.4. The molecule has 1 heterocycles. The molecule has 3 saturated carbocycles. The van der Waals surface area contributed by atoms with Gasteiger partial charge in [-0.25, -0.2) is 9.97 Å². The molecule has 8 atom stereocenters. The van der Waals surface area contributed by atoms with Gasteiger partial charge in [0.2, 0.25) is 0 Å². The topological polar surface area (TPSA) is 66.2 Å². The minimum atomic E-state index is -0.652. The largest absolute Gasteiger partial charge is 0.393 e. The zero-order chi connectivity index (χ0) is 21.9. The van der Waals surface area contributed by atoms with E-state index in [9.17, 15) is 10.2 Å². The monoisotopic (exact) mass is 424 g/mol. The average Bonchev–Trinajstić information content (AvgIpc) is 3.12. The molecule has 4 nitrogen and oxygen atoms in total. The van der Waals surface area contributed by atoms with Crippen molar-refractivity contribution in [3.63, 3.8) is 0 Å². The molecule has 0 spiro atoms. The molecule has 2 N–H and O–H groups in total. The number of allylic oxidation sites excluding steroid dienone is 1. The summed E-state index contributed by atoms with van der Waals surface area (Å²) in [5, 5.41) is 21.9. The van der Waals surface area contributed by atoms with Crippen LogP contribution in [-0.4, -0.2) is 31.9 Å². The van der Waals surface area contributed by atoms with Gasteiger partial charge in [0.15, 0.2) is 0 Å². The Morgan fingerprint density at radius 1 is 1.06 bits per heavy atom. The number of hydrogen-bond donors (Lipinski definition) is 2. The zero-order valence-electron chi connectivity index (χ0n) is 19.6. The Balaban J connectivity index is 1.35. The van der Waals surface area contributed by atoms with E-state index in [0.29, 0.717) is 11.8 Å². The molecule has 4 aliphatic carbocycles. The highest BCUT2D eigenvalue weighted by atomic mass is 16.3. The van der Waals surface area contributed by atoms with Crippen LogP contribution in [0.4, 0.5) is 0 Å². The van der Waals surface area contributed by atoms with Crippen molar-refractivity contribution in [2.24, 2.45) is 34.5 Å². The van der Waals surface area contributed by atoms with Crippen LogP contribution in [0.3, 0.4) is 0 Å². The van der Waals surface area contributed by atoms with Gasteiger partial charge in [0.1, 0.15) is 6.33 Å². The molecule has 4 heteroatoms. The van der Waals surface area contributed by atoms with E-state index in [-0.39, 0.29) is 16.9 Å². The first-order valence-corrected chi connectivity index (χ1v) is 12.6. The van der Waals surface area contributed by atoms with Crippen LogP contribution in [0.2, 0.25) is 0 Å². The van der Waals surface area contributed by atoms with Gasteiger partial charge in [0, 0.05) is 12.4 Å². The molecule has 0 saturated heterocycles. The highest BCUT2D eigenvalue weighted by Crippen LogP contribution is 2.67. The van der Waals surface area contributed by atoms with Gasteiger partial charge in [-0.3, -0.25) is 0 Å². The van der Waals surface area contributed by atoms with Crippen molar-refractivity contribution >= 4 is 0 Å². The van der Waals surface area contributed by atoms with Gasteiger partial charge in [-0.15, -0.1) is 0 Å². The van der Waals surface area contributed by atoms with E-state index in [2.05, 4.69) is 36.8 Å². The predicted molar refractivity (Wildman–Crippen MR) is 122 cm³/mol. The second-order valence-corrected chi connectivity index (χ2v) is 11.9. The smallest absolute Gasteiger partial charge is 0.115 e. The summed E-state index contributed by atoms with van der Waals surface area (Å²) in [5.74, 6) is 2.57. The number of hydrogen-bond acceptors (Lipinski definition) is 4. The first-order chi connectivity index (χ1) is 14.7. The number of aliphatic hydroxyl groups excluding tert-OH is 1. The van der Waals surface area contributed by atoms with E-state index >= 15 is 0 Å². The summed E-state index contributed by atoms with van der Waals surface area (Å²) in [5.41, 5.74) is 2.53. The molecule has 0 aromatic carbocycles. The van der Waals surface area contributed by atoms with E-state index < -0.39 is 5.60 Å². The van der Waals surface area contributed by atoms with Crippen LogP contribution in [-0.2, 0) is 6.42 Å². The van der Waals surface area contributed by atoms with Crippen LogP contribution in [0.15, 0.2) is 30.4 Å².